The third-order valence-electron chi connectivity index (χ3n) is 22.7. The molecule has 8 aliphatic heterocycles. The van der Waals surface area contributed by atoms with Crippen molar-refractivity contribution >= 4 is 53.4 Å². The molecule has 0 aromatic carbocycles. The fourth-order valence-corrected chi connectivity index (χ4v) is 16.3. The highest BCUT2D eigenvalue weighted by atomic mass is 16.8. The number of aliphatic carboxylic acids is 4. The molecule has 0 aromatic rings. The standard InChI is InChI=1S/C70H113N5O54/c1-18(85)71-35-22(89)5-67(63(107)108,124-53(35)40(96)26(93)9-76)122-30(13-80)44(100)55-37(73-20(3)87)24(91)7-69(126-55,65(111)112)128-57-43(99)29(12-79)117-61(48(57)104)121-52-39(74-21(4)88)60(116-28(11-78)42(52)98)120-51-33(16-83)118-62(119-50-32(15-82)115-59(106)47(103)46(50)102)49(105)58(51)129-70(66(113)114)8-25(92)38(75-34(95)17-84)56(127-70)45(101)31(14-81)123-68(64(109)110)6-23(90)36(72-19(2)86)54(125-68)41(97)27(94)10-77/h22-33,35-62,76-84,89-94,96-106H,5-17H2,1-4H3,(H,71,85)(H,72,86)(H,73,87)(H,74,88)(H,75,95)(H,107,108)(H,109,110)(H,111,112)(H,113,114)/t22-,23-,24-,25-,26+,27+,28+,29+,30+,31+,32+,33+,35+,36+,37+,38+,39+,40+,41+,42-,43-,44+,45+,46+,47+,48+,49+,50+,51-,52+,53+,54+,55+,56+,57-,58+,59+,60-,61-,62-,67+,68+,69-,70-/m0/s1. The van der Waals surface area contributed by atoms with Crippen LogP contribution in [0.25, 0.3) is 0 Å². The molecular formula is C70H113N5O54. The summed E-state index contributed by atoms with van der Waals surface area (Å²) in [4.78, 5) is 119. The number of carboxylic acids is 4. The molecule has 35 N–H and O–H groups in total. The van der Waals surface area contributed by atoms with Crippen LogP contribution in [0.3, 0.4) is 0 Å². The van der Waals surface area contributed by atoms with Crippen molar-refractivity contribution < 1.29 is 267 Å². The van der Waals surface area contributed by atoms with Crippen molar-refractivity contribution in [3.8, 4) is 0 Å². The van der Waals surface area contributed by atoms with Crippen molar-refractivity contribution in [2.45, 2.75) is 321 Å². The fraction of sp³-hybridized carbons (Fsp3) is 0.871. The van der Waals surface area contributed by atoms with Gasteiger partial charge in [0.05, 0.1) is 101 Å². The third kappa shape index (κ3) is 23.6. The minimum absolute atomic E-state index is 0.747. The van der Waals surface area contributed by atoms with Gasteiger partial charge >= 0.3 is 23.9 Å². The first-order valence-corrected chi connectivity index (χ1v) is 39.8. The van der Waals surface area contributed by atoms with Crippen molar-refractivity contribution in [3.05, 3.63) is 0 Å². The van der Waals surface area contributed by atoms with E-state index in [0.29, 0.717) is 0 Å². The molecule has 742 valence electrons. The first-order chi connectivity index (χ1) is 60.4. The van der Waals surface area contributed by atoms with Gasteiger partial charge in [0.25, 0.3) is 23.1 Å². The monoisotopic (exact) mass is 1890 g/mol. The summed E-state index contributed by atoms with van der Waals surface area (Å²) in [5.74, 6) is -29.7. The van der Waals surface area contributed by atoms with Gasteiger partial charge in [0, 0.05) is 53.4 Å². The number of hydrogen-bond acceptors (Lipinski definition) is 50. The zero-order valence-electron chi connectivity index (χ0n) is 68.5. The highest BCUT2D eigenvalue weighted by Crippen LogP contribution is 2.46. The van der Waals surface area contributed by atoms with Gasteiger partial charge in [0.1, 0.15) is 177 Å². The van der Waals surface area contributed by atoms with Crippen molar-refractivity contribution in [1.29, 1.82) is 0 Å². The Balaban J connectivity index is 1.19. The summed E-state index contributed by atoms with van der Waals surface area (Å²) in [6, 6.07) is -10.6. The summed E-state index contributed by atoms with van der Waals surface area (Å²) in [5, 5.41) is 346. The molecular weight excluding hydrogens is 1770 g/mol. The molecule has 8 heterocycles. The van der Waals surface area contributed by atoms with Gasteiger partial charge in [-0.15, -0.1) is 0 Å². The van der Waals surface area contributed by atoms with Gasteiger partial charge in [0.2, 0.25) is 29.5 Å². The van der Waals surface area contributed by atoms with Gasteiger partial charge in [-0.2, -0.15) is 0 Å². The van der Waals surface area contributed by atoms with Gasteiger partial charge in [0.15, 0.2) is 25.2 Å². The molecule has 0 bridgehead atoms. The Morgan fingerprint density at radius 2 is 0.643 bits per heavy atom. The molecule has 0 unspecified atom stereocenters. The summed E-state index contributed by atoms with van der Waals surface area (Å²) >= 11 is 0. The average Bonchev–Trinajstić information content (AvgIpc) is 0.746. The molecule has 59 heteroatoms. The van der Waals surface area contributed by atoms with Crippen LogP contribution in [0.1, 0.15) is 53.4 Å². The van der Waals surface area contributed by atoms with E-state index < -0.39 is 406 Å². The van der Waals surface area contributed by atoms with Crippen LogP contribution in [0, 0.1) is 0 Å². The van der Waals surface area contributed by atoms with Crippen molar-refractivity contribution in [2.75, 3.05) is 59.5 Å². The van der Waals surface area contributed by atoms with Crippen LogP contribution in [-0.2, 0) is 114 Å². The molecule has 0 aliphatic carbocycles. The van der Waals surface area contributed by atoms with E-state index in [0.717, 1.165) is 27.7 Å². The van der Waals surface area contributed by atoms with E-state index in [1.54, 1.807) is 0 Å². The zero-order chi connectivity index (χ0) is 96.6. The number of aliphatic hydroxyl groups excluding tert-OH is 26. The van der Waals surface area contributed by atoms with Crippen LogP contribution >= 0.6 is 0 Å². The van der Waals surface area contributed by atoms with Crippen LogP contribution in [0.2, 0.25) is 0 Å². The Morgan fingerprint density at radius 3 is 1.01 bits per heavy atom. The lowest BCUT2D eigenvalue weighted by Gasteiger charge is -2.53. The second-order valence-electron chi connectivity index (χ2n) is 31.8. The number of rotatable bonds is 40. The van der Waals surface area contributed by atoms with Crippen LogP contribution in [0.15, 0.2) is 0 Å². The van der Waals surface area contributed by atoms with Gasteiger partial charge in [-0.25, -0.2) is 19.2 Å². The average molecular weight is 1890 g/mol. The zero-order valence-corrected chi connectivity index (χ0v) is 68.5. The summed E-state index contributed by atoms with van der Waals surface area (Å²) < 4.78 is 87.4. The first kappa shape index (κ1) is 108. The maximum absolute atomic E-state index is 14.3. The molecule has 8 saturated heterocycles. The number of ether oxygens (including phenoxy) is 15. The minimum Gasteiger partial charge on any atom is -0.477 e. The van der Waals surface area contributed by atoms with Crippen molar-refractivity contribution in [1.82, 2.24) is 26.6 Å². The maximum atomic E-state index is 14.3. The lowest BCUT2D eigenvalue weighted by molar-refractivity contribution is -0.405. The Bertz CT molecular complexity index is 3740. The number of nitrogens with one attached hydrogen (secondary N) is 5. The SMILES string of the molecule is CC(=O)N[C@H]1[C@H](O[C@@H]2[C@H](O[C@]3(C(=O)O)C[C@H](O)[C@@H](NC(=O)CO)[C@H]([C@H](O)[C@@H](CO)O[C@]4(C(=O)O)C[C@H](O)[C@@H](NC(C)=O)[C@H]([C@H](O)[C@H](O)CO)O4)O3)[C@@H](O)[C@H](O[C@H]3[C@H](O)[C@@H](O)[C@H](O)O[C@@H]3CO)O[C@@H]2CO)O[C@H](CO)[C@H](O)[C@@H]1O[C@@H]1O[C@H](CO)[C@H](O)[C@H](O[C@]2(C(=O)O)C[C@H](O)[C@@H](NC(C)=O)[C@H]([C@H](O)[C@@H](CO)O[C@]3(C(=O)O)C[C@H](O)[C@@H](NC(C)=O)[C@H]([C@H](O)[C@H](O)CO)O3)O2)[C@H]1O. The predicted octanol–water partition coefficient (Wildman–Crippen LogP) is -21.9. The number of amides is 5. The molecule has 8 aliphatic rings. The first-order valence-electron chi connectivity index (χ1n) is 39.8. The quantitative estimate of drug-likeness (QED) is 0.0271. The number of aliphatic hydroxyl groups is 26. The molecule has 8 rings (SSSR count). The lowest BCUT2D eigenvalue weighted by atomic mass is 9.87. The van der Waals surface area contributed by atoms with E-state index in [4.69, 9.17) is 71.1 Å². The predicted molar refractivity (Wildman–Crippen MR) is 393 cm³/mol. The fourth-order valence-electron chi connectivity index (χ4n) is 16.3. The van der Waals surface area contributed by atoms with Gasteiger partial charge in [-0.3, -0.25) is 24.0 Å². The van der Waals surface area contributed by atoms with E-state index in [1.807, 2.05) is 5.32 Å². The Hall–Kier alpha value is -6.41. The highest BCUT2D eigenvalue weighted by Gasteiger charge is 2.67. The molecule has 0 aromatic heterocycles. The number of carbonyl (C=O) groups is 9. The van der Waals surface area contributed by atoms with E-state index in [1.165, 1.54) is 0 Å². The number of carboxylic acid groups (broad SMARTS) is 4. The Morgan fingerprint density at radius 1 is 0.333 bits per heavy atom. The summed E-state index contributed by atoms with van der Waals surface area (Å²) in [6.45, 7) is -9.69. The second-order valence-corrected chi connectivity index (χ2v) is 31.8. The highest BCUT2D eigenvalue weighted by molar-refractivity contribution is 5.80. The minimum atomic E-state index is -3.89. The molecule has 5 amide bonds. The Kier molecular flexibility index (Phi) is 37.9. The number of hydrogen-bond donors (Lipinski definition) is 35. The smallest absolute Gasteiger partial charge is 0.364 e. The molecule has 59 nitrogen and oxygen atoms in total. The van der Waals surface area contributed by atoms with Crippen LogP contribution in [-0.4, -0.2) is 534 Å². The molecule has 8 fully saturated rings. The third-order valence-corrected chi connectivity index (χ3v) is 22.7. The van der Waals surface area contributed by atoms with E-state index >= 15 is 0 Å². The van der Waals surface area contributed by atoms with Crippen molar-refractivity contribution in [2.24, 2.45) is 0 Å². The second kappa shape index (κ2) is 45.3. The van der Waals surface area contributed by atoms with E-state index in [-0.39, 0.29) is 0 Å². The van der Waals surface area contributed by atoms with Gasteiger partial charge in [-0.1, -0.05) is 0 Å². The molecule has 0 radical (unpaired) electrons. The largest absolute Gasteiger partial charge is 0.477 e. The Labute approximate surface area is 726 Å². The van der Waals surface area contributed by atoms with E-state index in [9.17, 15) is 196 Å². The molecule has 0 saturated carbocycles. The lowest BCUT2D eigenvalue weighted by Crippen LogP contribution is -2.73. The maximum Gasteiger partial charge on any atom is 0.364 e. The van der Waals surface area contributed by atoms with E-state index in [2.05, 4.69) is 21.3 Å². The summed E-state index contributed by atoms with van der Waals surface area (Å²) in [6.07, 6.45) is -93.4. The van der Waals surface area contributed by atoms with Crippen LogP contribution in [0.5, 0.6) is 0 Å². The van der Waals surface area contributed by atoms with Crippen LogP contribution < -0.4 is 26.6 Å². The number of carbonyl (C=O) groups excluding carboxylic acids is 5. The molecule has 44 atom stereocenters. The summed E-state index contributed by atoms with van der Waals surface area (Å²) in [7, 11) is 0. The molecule has 0 spiro atoms. The van der Waals surface area contributed by atoms with Gasteiger partial charge in [-0.05, 0) is 0 Å². The summed E-state index contributed by atoms with van der Waals surface area (Å²) in [5.41, 5.74) is 0. The normalized spacial score (nSPS) is 42.3. The molecule has 129 heavy (non-hydrogen) atoms. The van der Waals surface area contributed by atoms with Crippen molar-refractivity contribution in [3.63, 3.8) is 0 Å². The van der Waals surface area contributed by atoms with Crippen LogP contribution in [0.4, 0.5) is 0 Å². The topological polar surface area (TPSA) is 959 Å². The van der Waals surface area contributed by atoms with Gasteiger partial charge < -0.3 is 251 Å².